The molecule has 2 N–H and O–H groups in total. The molecule has 0 unspecified atom stereocenters. The molecule has 1 aliphatic rings. The van der Waals surface area contributed by atoms with Crippen LogP contribution in [0.25, 0.3) is 0 Å². The number of nitrogen functional groups attached to an aromatic ring is 1. The summed E-state index contributed by atoms with van der Waals surface area (Å²) in [6.45, 7) is 4.71. The van der Waals surface area contributed by atoms with Gasteiger partial charge in [0.05, 0.1) is 5.56 Å². The Morgan fingerprint density at radius 2 is 2.19 bits per heavy atom. The van der Waals surface area contributed by atoms with Crippen molar-refractivity contribution in [3.8, 4) is 0 Å². The van der Waals surface area contributed by atoms with E-state index < -0.39 is 0 Å². The number of anilines is 1. The van der Waals surface area contributed by atoms with Crippen LogP contribution in [0.4, 0.5) is 5.69 Å². The molecule has 1 aromatic carbocycles. The summed E-state index contributed by atoms with van der Waals surface area (Å²) >= 11 is 0. The van der Waals surface area contributed by atoms with Gasteiger partial charge in [0.15, 0.2) is 0 Å². The van der Waals surface area contributed by atoms with Gasteiger partial charge in [0, 0.05) is 18.3 Å². The third-order valence-electron chi connectivity index (χ3n) is 3.11. The van der Waals surface area contributed by atoms with E-state index in [0.29, 0.717) is 17.3 Å². The van der Waals surface area contributed by atoms with Gasteiger partial charge in [-0.25, -0.2) is 0 Å². The van der Waals surface area contributed by atoms with Gasteiger partial charge < -0.3 is 10.6 Å². The second kappa shape index (κ2) is 4.16. The molecule has 0 bridgehead atoms. The summed E-state index contributed by atoms with van der Waals surface area (Å²) in [5.41, 5.74) is 8.11. The van der Waals surface area contributed by atoms with E-state index in [1.165, 1.54) is 0 Å². The number of nitrogens with two attached hydrogens (primary N) is 1. The van der Waals surface area contributed by atoms with Crippen molar-refractivity contribution < 1.29 is 4.79 Å². The first-order valence-electron chi connectivity index (χ1n) is 5.81. The Morgan fingerprint density at radius 1 is 1.50 bits per heavy atom. The number of carbonyl (C=O) groups excluding carboxylic acids is 1. The molecule has 0 aliphatic heterocycles. The van der Waals surface area contributed by atoms with E-state index in [1.807, 2.05) is 30.9 Å². The lowest BCUT2D eigenvalue weighted by atomic mass is 10.1. The summed E-state index contributed by atoms with van der Waals surface area (Å²) in [6.07, 6.45) is 2.26. The highest BCUT2D eigenvalue weighted by molar-refractivity contribution is 6.00. The molecule has 0 atom stereocenters. The van der Waals surface area contributed by atoms with Crippen molar-refractivity contribution >= 4 is 11.6 Å². The number of aryl methyl sites for hydroxylation is 1. The van der Waals surface area contributed by atoms with E-state index in [-0.39, 0.29) is 5.91 Å². The topological polar surface area (TPSA) is 46.3 Å². The van der Waals surface area contributed by atoms with Crippen molar-refractivity contribution in [2.45, 2.75) is 32.7 Å². The number of nitrogens with zero attached hydrogens (tertiary/aromatic N) is 1. The predicted octanol–water partition coefficient (Wildman–Crippen LogP) is 2.20. The van der Waals surface area contributed by atoms with Crippen LogP contribution in [-0.4, -0.2) is 23.4 Å². The van der Waals surface area contributed by atoms with Crippen LogP contribution < -0.4 is 5.73 Å². The van der Waals surface area contributed by atoms with E-state index in [0.717, 1.165) is 24.9 Å². The summed E-state index contributed by atoms with van der Waals surface area (Å²) in [6, 6.07) is 6.05. The fourth-order valence-electron chi connectivity index (χ4n) is 2.08. The monoisotopic (exact) mass is 218 g/mol. The maximum absolute atomic E-state index is 12.3. The van der Waals surface area contributed by atoms with E-state index in [1.54, 1.807) is 6.07 Å². The summed E-state index contributed by atoms with van der Waals surface area (Å²) < 4.78 is 0. The van der Waals surface area contributed by atoms with Crippen LogP contribution in [-0.2, 0) is 0 Å². The lowest BCUT2D eigenvalue weighted by molar-refractivity contribution is 0.0753. The third-order valence-corrected chi connectivity index (χ3v) is 3.11. The Balaban J connectivity index is 2.32. The Labute approximate surface area is 96.2 Å². The predicted molar refractivity (Wildman–Crippen MR) is 65.3 cm³/mol. The maximum Gasteiger partial charge on any atom is 0.256 e. The van der Waals surface area contributed by atoms with Crippen molar-refractivity contribution in [3.63, 3.8) is 0 Å². The largest absolute Gasteiger partial charge is 0.398 e. The van der Waals surface area contributed by atoms with Crippen molar-refractivity contribution in [2.75, 3.05) is 12.3 Å². The van der Waals surface area contributed by atoms with Gasteiger partial charge in [-0.1, -0.05) is 12.1 Å². The lowest BCUT2D eigenvalue weighted by Gasteiger charge is -2.22. The van der Waals surface area contributed by atoms with Gasteiger partial charge in [0.2, 0.25) is 0 Å². The molecule has 0 aromatic heterocycles. The fraction of sp³-hybridized carbons (Fsp3) is 0.462. The molecule has 16 heavy (non-hydrogen) atoms. The Morgan fingerprint density at radius 3 is 2.69 bits per heavy atom. The average Bonchev–Trinajstić information content (AvgIpc) is 3.03. The first-order chi connectivity index (χ1) is 7.65. The minimum Gasteiger partial charge on any atom is -0.398 e. The first-order valence-corrected chi connectivity index (χ1v) is 5.81. The van der Waals surface area contributed by atoms with Crippen LogP contribution in [0.1, 0.15) is 35.7 Å². The molecular weight excluding hydrogens is 200 g/mol. The zero-order valence-corrected chi connectivity index (χ0v) is 9.86. The van der Waals surface area contributed by atoms with Gasteiger partial charge in [-0.3, -0.25) is 4.79 Å². The Kier molecular flexibility index (Phi) is 2.86. The van der Waals surface area contributed by atoms with Gasteiger partial charge >= 0.3 is 0 Å². The molecule has 0 saturated heterocycles. The Bertz CT molecular complexity index is 390. The maximum atomic E-state index is 12.3. The van der Waals surface area contributed by atoms with E-state index in [9.17, 15) is 4.79 Å². The second-order valence-corrected chi connectivity index (χ2v) is 4.36. The molecule has 0 spiro atoms. The van der Waals surface area contributed by atoms with Gasteiger partial charge in [0.1, 0.15) is 0 Å². The standard InChI is InChI=1S/C13H18N2O/c1-3-15(10-7-8-10)13(16)12-9(2)5-4-6-11(12)14/h4-6,10H,3,7-8,14H2,1-2H3. The van der Waals surface area contributed by atoms with E-state index >= 15 is 0 Å². The molecular formula is C13H18N2O. The van der Waals surface area contributed by atoms with Crippen LogP contribution in [0.2, 0.25) is 0 Å². The molecule has 86 valence electrons. The molecule has 0 radical (unpaired) electrons. The second-order valence-electron chi connectivity index (χ2n) is 4.36. The van der Waals surface area contributed by atoms with Crippen molar-refractivity contribution in [3.05, 3.63) is 29.3 Å². The fourth-order valence-corrected chi connectivity index (χ4v) is 2.08. The number of amides is 1. The summed E-state index contributed by atoms with van der Waals surface area (Å²) in [5, 5.41) is 0. The summed E-state index contributed by atoms with van der Waals surface area (Å²) in [4.78, 5) is 14.3. The normalized spacial score (nSPS) is 14.9. The van der Waals surface area contributed by atoms with E-state index in [4.69, 9.17) is 5.73 Å². The minimum atomic E-state index is 0.0839. The van der Waals surface area contributed by atoms with Gasteiger partial charge in [-0.05, 0) is 38.3 Å². The zero-order chi connectivity index (χ0) is 11.7. The van der Waals surface area contributed by atoms with Crippen LogP contribution in [0.3, 0.4) is 0 Å². The summed E-state index contributed by atoms with van der Waals surface area (Å²) in [5.74, 6) is 0.0839. The molecule has 1 saturated carbocycles. The molecule has 3 nitrogen and oxygen atoms in total. The van der Waals surface area contributed by atoms with Crippen LogP contribution in [0, 0.1) is 6.92 Å². The molecule has 3 heteroatoms. The average molecular weight is 218 g/mol. The number of hydrogen-bond acceptors (Lipinski definition) is 2. The number of benzene rings is 1. The van der Waals surface area contributed by atoms with Gasteiger partial charge in [0.25, 0.3) is 5.91 Å². The molecule has 1 aromatic rings. The highest BCUT2D eigenvalue weighted by Gasteiger charge is 2.32. The molecule has 0 heterocycles. The van der Waals surface area contributed by atoms with Crippen LogP contribution >= 0.6 is 0 Å². The zero-order valence-electron chi connectivity index (χ0n) is 9.86. The molecule has 1 fully saturated rings. The van der Waals surface area contributed by atoms with Crippen molar-refractivity contribution in [1.29, 1.82) is 0 Å². The van der Waals surface area contributed by atoms with Crippen molar-refractivity contribution in [1.82, 2.24) is 4.90 Å². The third kappa shape index (κ3) is 1.90. The highest BCUT2D eigenvalue weighted by atomic mass is 16.2. The number of rotatable bonds is 3. The van der Waals surface area contributed by atoms with Crippen LogP contribution in [0.15, 0.2) is 18.2 Å². The molecule has 1 aliphatic carbocycles. The van der Waals surface area contributed by atoms with Crippen LogP contribution in [0.5, 0.6) is 0 Å². The van der Waals surface area contributed by atoms with Gasteiger partial charge in [-0.15, -0.1) is 0 Å². The number of hydrogen-bond donors (Lipinski definition) is 1. The smallest absolute Gasteiger partial charge is 0.256 e. The SMILES string of the molecule is CCN(C(=O)c1c(C)cccc1N)C1CC1. The molecule has 1 amide bonds. The minimum absolute atomic E-state index is 0.0839. The molecule has 2 rings (SSSR count). The van der Waals surface area contributed by atoms with Crippen molar-refractivity contribution in [2.24, 2.45) is 0 Å². The first kappa shape index (κ1) is 11.0. The Hall–Kier alpha value is -1.51. The number of carbonyl (C=O) groups is 1. The highest BCUT2D eigenvalue weighted by Crippen LogP contribution is 2.29. The summed E-state index contributed by atoms with van der Waals surface area (Å²) in [7, 11) is 0. The van der Waals surface area contributed by atoms with E-state index in [2.05, 4.69) is 0 Å². The van der Waals surface area contributed by atoms with Gasteiger partial charge in [-0.2, -0.15) is 0 Å². The lowest BCUT2D eigenvalue weighted by Crippen LogP contribution is -2.33. The quantitative estimate of drug-likeness (QED) is 0.790.